The summed E-state index contributed by atoms with van der Waals surface area (Å²) in [4.78, 5) is 0. The first kappa shape index (κ1) is 13.6. The molecule has 0 saturated carbocycles. The number of phenolic OH excluding ortho intramolecular Hbond substituents is 2. The molecular formula is C14H14N2O2. The van der Waals surface area contributed by atoms with E-state index >= 15 is 0 Å². The Balaban J connectivity index is 3.45. The number of benzene rings is 1. The Morgan fingerprint density at radius 2 is 1.72 bits per heavy atom. The standard InChI is InChI=1S/C14H14N2O2/c1-14(2,3)11-5-9(4-10(7-15)8-16)6-12(17)13(11)18/h4-6,17-18H,1-3H3. The number of hydrogen-bond donors (Lipinski definition) is 2. The van der Waals surface area contributed by atoms with Gasteiger partial charge in [-0.1, -0.05) is 20.8 Å². The summed E-state index contributed by atoms with van der Waals surface area (Å²) in [6.07, 6.45) is 1.37. The molecule has 0 atom stereocenters. The highest BCUT2D eigenvalue weighted by Gasteiger charge is 2.21. The number of nitriles is 2. The normalized spacial score (nSPS) is 10.3. The smallest absolute Gasteiger partial charge is 0.161 e. The monoisotopic (exact) mass is 242 g/mol. The van der Waals surface area contributed by atoms with Gasteiger partial charge < -0.3 is 10.2 Å². The molecule has 4 heteroatoms. The number of aromatic hydroxyl groups is 2. The van der Waals surface area contributed by atoms with Crippen LogP contribution in [0.2, 0.25) is 0 Å². The van der Waals surface area contributed by atoms with E-state index in [1.54, 1.807) is 18.2 Å². The largest absolute Gasteiger partial charge is 0.504 e. The highest BCUT2D eigenvalue weighted by molar-refractivity contribution is 5.66. The van der Waals surface area contributed by atoms with Crippen molar-refractivity contribution < 1.29 is 10.2 Å². The van der Waals surface area contributed by atoms with Gasteiger partial charge in [-0.2, -0.15) is 10.5 Å². The molecule has 0 saturated heterocycles. The molecule has 0 unspecified atom stereocenters. The first-order valence-corrected chi connectivity index (χ1v) is 5.38. The van der Waals surface area contributed by atoms with Gasteiger partial charge >= 0.3 is 0 Å². The Labute approximate surface area is 106 Å². The molecule has 1 rings (SSSR count). The van der Waals surface area contributed by atoms with Crippen molar-refractivity contribution in [2.45, 2.75) is 26.2 Å². The number of nitrogens with zero attached hydrogens (tertiary/aromatic N) is 2. The van der Waals surface area contributed by atoms with Gasteiger partial charge in [-0.05, 0) is 29.2 Å². The van der Waals surface area contributed by atoms with E-state index in [1.807, 2.05) is 20.8 Å². The maximum Gasteiger partial charge on any atom is 0.161 e. The summed E-state index contributed by atoms with van der Waals surface area (Å²) in [7, 11) is 0. The molecule has 0 aliphatic carbocycles. The summed E-state index contributed by atoms with van der Waals surface area (Å²) in [6.45, 7) is 5.68. The lowest BCUT2D eigenvalue weighted by Gasteiger charge is -2.21. The molecule has 0 aromatic heterocycles. The average molecular weight is 242 g/mol. The molecule has 2 N–H and O–H groups in total. The zero-order valence-corrected chi connectivity index (χ0v) is 10.5. The fourth-order valence-electron chi connectivity index (χ4n) is 1.55. The van der Waals surface area contributed by atoms with Crippen molar-refractivity contribution in [3.8, 4) is 23.6 Å². The second kappa shape index (κ2) is 4.81. The molecule has 1 aromatic rings. The van der Waals surface area contributed by atoms with Crippen molar-refractivity contribution in [2.24, 2.45) is 0 Å². The van der Waals surface area contributed by atoms with E-state index in [0.29, 0.717) is 11.1 Å². The summed E-state index contributed by atoms with van der Waals surface area (Å²) in [5, 5.41) is 36.8. The van der Waals surface area contributed by atoms with Gasteiger partial charge in [0.15, 0.2) is 11.5 Å². The molecular weight excluding hydrogens is 228 g/mol. The molecule has 0 spiro atoms. The maximum atomic E-state index is 9.81. The van der Waals surface area contributed by atoms with Crippen molar-refractivity contribution in [1.29, 1.82) is 10.5 Å². The molecule has 1 aromatic carbocycles. The fourth-order valence-corrected chi connectivity index (χ4v) is 1.55. The van der Waals surface area contributed by atoms with Crippen LogP contribution in [0, 0.1) is 22.7 Å². The lowest BCUT2D eigenvalue weighted by Crippen LogP contribution is -2.11. The minimum atomic E-state index is -0.356. The van der Waals surface area contributed by atoms with Crippen LogP contribution in [0.4, 0.5) is 0 Å². The van der Waals surface area contributed by atoms with Crippen molar-refractivity contribution in [2.75, 3.05) is 0 Å². The van der Waals surface area contributed by atoms with Gasteiger partial charge in [-0.25, -0.2) is 0 Å². The van der Waals surface area contributed by atoms with Gasteiger partial charge in [0.05, 0.1) is 0 Å². The van der Waals surface area contributed by atoms with Crippen LogP contribution in [0.3, 0.4) is 0 Å². The predicted octanol–water partition coefficient (Wildman–Crippen LogP) is 2.83. The zero-order chi connectivity index (χ0) is 13.9. The highest BCUT2D eigenvalue weighted by Crippen LogP contribution is 2.38. The molecule has 0 aliphatic rings. The lowest BCUT2D eigenvalue weighted by atomic mass is 9.85. The predicted molar refractivity (Wildman–Crippen MR) is 67.7 cm³/mol. The Morgan fingerprint density at radius 3 is 2.17 bits per heavy atom. The average Bonchev–Trinajstić information content (AvgIpc) is 2.28. The number of rotatable bonds is 1. The van der Waals surface area contributed by atoms with Crippen LogP contribution in [0.5, 0.6) is 11.5 Å². The zero-order valence-electron chi connectivity index (χ0n) is 10.5. The quantitative estimate of drug-likeness (QED) is 0.585. The van der Waals surface area contributed by atoms with Crippen molar-refractivity contribution in [3.63, 3.8) is 0 Å². The fraction of sp³-hybridized carbons (Fsp3) is 0.286. The van der Waals surface area contributed by atoms with E-state index in [0.717, 1.165) is 0 Å². The third kappa shape index (κ3) is 2.81. The summed E-state index contributed by atoms with van der Waals surface area (Å²) >= 11 is 0. The number of hydrogen-bond acceptors (Lipinski definition) is 4. The number of phenols is 2. The van der Waals surface area contributed by atoms with Crippen LogP contribution in [-0.2, 0) is 5.41 Å². The second-order valence-corrected chi connectivity index (χ2v) is 4.97. The molecule has 4 nitrogen and oxygen atoms in total. The highest BCUT2D eigenvalue weighted by atomic mass is 16.3. The lowest BCUT2D eigenvalue weighted by molar-refractivity contribution is 0.389. The molecule has 18 heavy (non-hydrogen) atoms. The van der Waals surface area contributed by atoms with Gasteiger partial charge in [0.25, 0.3) is 0 Å². The van der Waals surface area contributed by atoms with Gasteiger partial charge in [-0.3, -0.25) is 0 Å². The van der Waals surface area contributed by atoms with Crippen LogP contribution in [-0.4, -0.2) is 10.2 Å². The van der Waals surface area contributed by atoms with Gasteiger partial charge in [0.2, 0.25) is 0 Å². The van der Waals surface area contributed by atoms with E-state index in [2.05, 4.69) is 0 Å². The topological polar surface area (TPSA) is 88.0 Å². The molecule has 0 fully saturated rings. The van der Waals surface area contributed by atoms with E-state index in [4.69, 9.17) is 10.5 Å². The Bertz CT molecular complexity index is 566. The summed E-state index contributed by atoms with van der Waals surface area (Å²) in [5.41, 5.74) is 0.655. The Hall–Kier alpha value is -2.46. The van der Waals surface area contributed by atoms with Crippen LogP contribution in [0.25, 0.3) is 6.08 Å². The molecule has 0 bridgehead atoms. The molecule has 92 valence electrons. The minimum absolute atomic E-state index is 0.0556. The third-order valence-electron chi connectivity index (χ3n) is 2.47. The molecule has 0 radical (unpaired) electrons. The first-order valence-electron chi connectivity index (χ1n) is 5.38. The van der Waals surface area contributed by atoms with Crippen LogP contribution in [0.1, 0.15) is 31.9 Å². The summed E-state index contributed by atoms with van der Waals surface area (Å²) in [5.74, 6) is -0.431. The Morgan fingerprint density at radius 1 is 1.17 bits per heavy atom. The van der Waals surface area contributed by atoms with E-state index in [1.165, 1.54) is 12.1 Å². The van der Waals surface area contributed by atoms with Crippen LogP contribution < -0.4 is 0 Å². The third-order valence-corrected chi connectivity index (χ3v) is 2.47. The summed E-state index contributed by atoms with van der Waals surface area (Å²) < 4.78 is 0. The van der Waals surface area contributed by atoms with Gasteiger partial charge in [0, 0.05) is 5.56 Å². The maximum absolute atomic E-state index is 9.81. The summed E-state index contributed by atoms with van der Waals surface area (Å²) in [6, 6.07) is 6.47. The van der Waals surface area contributed by atoms with Crippen molar-refractivity contribution in [1.82, 2.24) is 0 Å². The van der Waals surface area contributed by atoms with Crippen LogP contribution in [0.15, 0.2) is 17.7 Å². The van der Waals surface area contributed by atoms with E-state index in [-0.39, 0.29) is 22.5 Å². The Kier molecular flexibility index (Phi) is 3.64. The first-order chi connectivity index (χ1) is 8.29. The molecule has 0 amide bonds. The molecule has 0 aliphatic heterocycles. The van der Waals surface area contributed by atoms with Crippen molar-refractivity contribution in [3.05, 3.63) is 28.8 Å². The van der Waals surface area contributed by atoms with Crippen molar-refractivity contribution >= 4 is 6.08 Å². The molecule has 0 heterocycles. The van der Waals surface area contributed by atoms with Gasteiger partial charge in [0.1, 0.15) is 17.7 Å². The minimum Gasteiger partial charge on any atom is -0.504 e. The SMILES string of the molecule is CC(C)(C)c1cc(C=C(C#N)C#N)cc(O)c1O. The van der Waals surface area contributed by atoms with Crippen LogP contribution >= 0.6 is 0 Å². The number of allylic oxidation sites excluding steroid dienone is 1. The van der Waals surface area contributed by atoms with E-state index in [9.17, 15) is 10.2 Å². The van der Waals surface area contributed by atoms with E-state index < -0.39 is 0 Å². The second-order valence-electron chi connectivity index (χ2n) is 4.97. The van der Waals surface area contributed by atoms with Gasteiger partial charge in [-0.15, -0.1) is 0 Å².